The maximum absolute atomic E-state index is 12.1. The molecule has 1 saturated heterocycles. The maximum atomic E-state index is 12.1. The van der Waals surface area contributed by atoms with Gasteiger partial charge in [-0.1, -0.05) is 20.8 Å². The van der Waals surface area contributed by atoms with Crippen LogP contribution in [0.2, 0.25) is 0 Å². The summed E-state index contributed by atoms with van der Waals surface area (Å²) in [6.45, 7) is 7.45. The Bertz CT molecular complexity index is 256. The van der Waals surface area contributed by atoms with Crippen molar-refractivity contribution < 1.29 is 14.3 Å². The summed E-state index contributed by atoms with van der Waals surface area (Å²) in [5.74, 6) is 0.190. The maximum Gasteiger partial charge on any atom is 0.226 e. The van der Waals surface area contributed by atoms with Gasteiger partial charge in [-0.2, -0.15) is 0 Å². The van der Waals surface area contributed by atoms with Gasteiger partial charge in [0.1, 0.15) is 0 Å². The second kappa shape index (κ2) is 7.10. The molecule has 2 fully saturated rings. The standard InChI is InChI=1S/C12H21NO3.C2H6/c1-12(3-5-16-6-4-12)11(14)13-9-7-10(8-9)15-2;1-2/h9-10H,3-8H2,1-2H3,(H,13,14);1-2H3. The smallest absolute Gasteiger partial charge is 0.226 e. The molecule has 1 amide bonds. The molecule has 1 N–H and O–H groups in total. The van der Waals surface area contributed by atoms with E-state index in [-0.39, 0.29) is 11.3 Å². The predicted molar refractivity (Wildman–Crippen MR) is 71.5 cm³/mol. The summed E-state index contributed by atoms with van der Waals surface area (Å²) < 4.78 is 10.5. The summed E-state index contributed by atoms with van der Waals surface area (Å²) in [5, 5.41) is 3.12. The highest BCUT2D eigenvalue weighted by atomic mass is 16.5. The van der Waals surface area contributed by atoms with Crippen molar-refractivity contribution in [2.75, 3.05) is 20.3 Å². The molecule has 0 aromatic carbocycles. The quantitative estimate of drug-likeness (QED) is 0.842. The van der Waals surface area contributed by atoms with Gasteiger partial charge in [0.25, 0.3) is 0 Å². The minimum atomic E-state index is -0.226. The summed E-state index contributed by atoms with van der Waals surface area (Å²) in [5.41, 5.74) is -0.226. The molecule has 4 heteroatoms. The first kappa shape index (κ1) is 15.4. The number of methoxy groups -OCH3 is 1. The molecular weight excluding hydrogens is 230 g/mol. The summed E-state index contributed by atoms with van der Waals surface area (Å²) in [6.07, 6.45) is 3.91. The predicted octanol–water partition coefficient (Wildman–Crippen LogP) is 2.12. The zero-order chi connectivity index (χ0) is 13.6. The summed E-state index contributed by atoms with van der Waals surface area (Å²) >= 11 is 0. The van der Waals surface area contributed by atoms with E-state index in [1.807, 2.05) is 20.8 Å². The van der Waals surface area contributed by atoms with Crippen molar-refractivity contribution in [3.05, 3.63) is 0 Å². The number of ether oxygens (including phenoxy) is 2. The fourth-order valence-electron chi connectivity index (χ4n) is 2.28. The highest BCUT2D eigenvalue weighted by Crippen LogP contribution is 2.31. The summed E-state index contributed by atoms with van der Waals surface area (Å²) in [7, 11) is 1.72. The molecule has 0 atom stereocenters. The molecule has 0 aromatic rings. The van der Waals surface area contributed by atoms with Crippen molar-refractivity contribution >= 4 is 5.91 Å². The number of hydrogen-bond donors (Lipinski definition) is 1. The molecule has 0 radical (unpaired) electrons. The van der Waals surface area contributed by atoms with Gasteiger partial charge in [0.15, 0.2) is 0 Å². The summed E-state index contributed by atoms with van der Waals surface area (Å²) in [4.78, 5) is 12.1. The topological polar surface area (TPSA) is 47.6 Å². The second-order valence-corrected chi connectivity index (χ2v) is 5.17. The minimum absolute atomic E-state index is 0.190. The molecule has 1 heterocycles. The average Bonchev–Trinajstić information content (AvgIpc) is 2.36. The van der Waals surface area contributed by atoms with Crippen LogP contribution in [0.15, 0.2) is 0 Å². The van der Waals surface area contributed by atoms with Crippen LogP contribution >= 0.6 is 0 Å². The molecule has 1 saturated carbocycles. The van der Waals surface area contributed by atoms with Crippen LogP contribution in [-0.4, -0.2) is 38.4 Å². The zero-order valence-corrected chi connectivity index (χ0v) is 12.1. The van der Waals surface area contributed by atoms with E-state index in [2.05, 4.69) is 5.32 Å². The molecule has 1 aliphatic heterocycles. The monoisotopic (exact) mass is 257 g/mol. The van der Waals surface area contributed by atoms with Gasteiger partial charge in [0.05, 0.1) is 11.5 Å². The Morgan fingerprint density at radius 3 is 2.33 bits per heavy atom. The van der Waals surface area contributed by atoms with E-state index in [4.69, 9.17) is 9.47 Å². The lowest BCUT2D eigenvalue weighted by Gasteiger charge is -2.39. The van der Waals surface area contributed by atoms with Gasteiger partial charge in [-0.05, 0) is 25.7 Å². The third kappa shape index (κ3) is 3.69. The van der Waals surface area contributed by atoms with Crippen molar-refractivity contribution in [2.45, 2.75) is 58.6 Å². The first-order chi connectivity index (χ1) is 8.64. The fourth-order valence-corrected chi connectivity index (χ4v) is 2.28. The van der Waals surface area contributed by atoms with Gasteiger partial charge in [-0.25, -0.2) is 0 Å². The van der Waals surface area contributed by atoms with E-state index in [0.29, 0.717) is 25.4 Å². The van der Waals surface area contributed by atoms with Crippen molar-refractivity contribution in [3.63, 3.8) is 0 Å². The third-order valence-corrected chi connectivity index (χ3v) is 3.91. The highest BCUT2D eigenvalue weighted by molar-refractivity contribution is 5.82. The molecule has 0 aromatic heterocycles. The van der Waals surface area contributed by atoms with Crippen LogP contribution < -0.4 is 5.32 Å². The zero-order valence-electron chi connectivity index (χ0n) is 12.1. The number of amides is 1. The number of carbonyl (C=O) groups is 1. The Kier molecular flexibility index (Phi) is 6.09. The minimum Gasteiger partial charge on any atom is -0.381 e. The lowest BCUT2D eigenvalue weighted by atomic mass is 9.80. The van der Waals surface area contributed by atoms with E-state index >= 15 is 0 Å². The molecule has 0 bridgehead atoms. The number of hydrogen-bond acceptors (Lipinski definition) is 3. The van der Waals surface area contributed by atoms with Crippen molar-refractivity contribution in [2.24, 2.45) is 5.41 Å². The van der Waals surface area contributed by atoms with Gasteiger partial charge in [0, 0.05) is 26.4 Å². The van der Waals surface area contributed by atoms with E-state index in [1.165, 1.54) is 0 Å². The molecule has 0 spiro atoms. The number of carbonyl (C=O) groups excluding carboxylic acids is 1. The number of nitrogens with one attached hydrogen (secondary N) is 1. The average molecular weight is 257 g/mol. The SMILES string of the molecule is CC.COC1CC(NC(=O)C2(C)CCOCC2)C1. The Morgan fingerprint density at radius 1 is 1.28 bits per heavy atom. The van der Waals surface area contributed by atoms with Gasteiger partial charge >= 0.3 is 0 Å². The molecule has 1 aliphatic carbocycles. The molecule has 2 aliphatic rings. The fraction of sp³-hybridized carbons (Fsp3) is 0.929. The second-order valence-electron chi connectivity index (χ2n) is 5.17. The summed E-state index contributed by atoms with van der Waals surface area (Å²) in [6, 6.07) is 0.317. The Hall–Kier alpha value is -0.610. The molecule has 0 unspecified atom stereocenters. The lowest BCUT2D eigenvalue weighted by Crippen LogP contribution is -2.52. The van der Waals surface area contributed by atoms with Gasteiger partial charge in [0.2, 0.25) is 5.91 Å². The van der Waals surface area contributed by atoms with Gasteiger partial charge in [-0.15, -0.1) is 0 Å². The van der Waals surface area contributed by atoms with Crippen molar-refractivity contribution in [3.8, 4) is 0 Å². The van der Waals surface area contributed by atoms with E-state index in [0.717, 1.165) is 25.7 Å². The molecule has 106 valence electrons. The van der Waals surface area contributed by atoms with Gasteiger partial charge in [-0.3, -0.25) is 4.79 Å². The van der Waals surface area contributed by atoms with Crippen LogP contribution in [0.25, 0.3) is 0 Å². The third-order valence-electron chi connectivity index (χ3n) is 3.91. The first-order valence-electron chi connectivity index (χ1n) is 7.05. The lowest BCUT2D eigenvalue weighted by molar-refractivity contribution is -0.137. The first-order valence-corrected chi connectivity index (χ1v) is 7.05. The van der Waals surface area contributed by atoms with Crippen molar-refractivity contribution in [1.29, 1.82) is 0 Å². The van der Waals surface area contributed by atoms with E-state index in [9.17, 15) is 4.79 Å². The normalized spacial score (nSPS) is 29.6. The van der Waals surface area contributed by atoms with Crippen LogP contribution in [-0.2, 0) is 14.3 Å². The van der Waals surface area contributed by atoms with Crippen LogP contribution in [0, 0.1) is 5.41 Å². The molecular formula is C14H27NO3. The van der Waals surface area contributed by atoms with Gasteiger partial charge < -0.3 is 14.8 Å². The van der Waals surface area contributed by atoms with E-state index in [1.54, 1.807) is 7.11 Å². The van der Waals surface area contributed by atoms with Crippen LogP contribution in [0.5, 0.6) is 0 Å². The van der Waals surface area contributed by atoms with Crippen LogP contribution in [0.3, 0.4) is 0 Å². The number of rotatable bonds is 3. The molecule has 2 rings (SSSR count). The largest absolute Gasteiger partial charge is 0.381 e. The van der Waals surface area contributed by atoms with E-state index < -0.39 is 0 Å². The van der Waals surface area contributed by atoms with Crippen LogP contribution in [0.4, 0.5) is 0 Å². The molecule has 4 nitrogen and oxygen atoms in total. The van der Waals surface area contributed by atoms with Crippen LogP contribution in [0.1, 0.15) is 46.5 Å². The molecule has 18 heavy (non-hydrogen) atoms. The Balaban J connectivity index is 0.000000771. The Labute approximate surface area is 110 Å². The van der Waals surface area contributed by atoms with Crippen molar-refractivity contribution in [1.82, 2.24) is 5.32 Å². The highest BCUT2D eigenvalue weighted by Gasteiger charge is 2.38. The Morgan fingerprint density at radius 2 is 1.83 bits per heavy atom.